The van der Waals surface area contributed by atoms with Gasteiger partial charge >= 0.3 is 12.0 Å². The van der Waals surface area contributed by atoms with Crippen LogP contribution in [0, 0.1) is 11.3 Å². The molecular weight excluding hydrogens is 258 g/mol. The van der Waals surface area contributed by atoms with E-state index in [0.29, 0.717) is 25.9 Å². The van der Waals surface area contributed by atoms with Crippen molar-refractivity contribution in [3.8, 4) is 6.07 Å². The first-order valence-corrected chi connectivity index (χ1v) is 6.97. The summed E-state index contributed by atoms with van der Waals surface area (Å²) in [4.78, 5) is 26.4. The van der Waals surface area contributed by atoms with Gasteiger partial charge in [-0.3, -0.25) is 4.79 Å². The van der Waals surface area contributed by atoms with Crippen molar-refractivity contribution >= 4 is 12.0 Å². The van der Waals surface area contributed by atoms with Crippen LogP contribution in [-0.2, 0) is 4.79 Å². The molecule has 0 aromatic carbocycles. The first kappa shape index (κ1) is 18.2. The van der Waals surface area contributed by atoms with Crippen molar-refractivity contribution in [1.82, 2.24) is 9.80 Å². The number of urea groups is 1. The lowest BCUT2D eigenvalue weighted by atomic mass is 10.2. The third-order valence-corrected chi connectivity index (χ3v) is 2.99. The number of amides is 2. The number of nitrogens with zero attached hydrogens (tertiary/aromatic N) is 3. The summed E-state index contributed by atoms with van der Waals surface area (Å²) in [6.07, 6.45) is 0.783. The number of hydrogen-bond donors (Lipinski definition) is 1. The zero-order valence-electron chi connectivity index (χ0n) is 12.8. The van der Waals surface area contributed by atoms with Crippen molar-refractivity contribution in [3.63, 3.8) is 0 Å². The number of carboxylic acids is 1. The van der Waals surface area contributed by atoms with Gasteiger partial charge < -0.3 is 14.9 Å². The van der Waals surface area contributed by atoms with Gasteiger partial charge in [0.1, 0.15) is 0 Å². The minimum atomic E-state index is -0.855. The molecule has 20 heavy (non-hydrogen) atoms. The van der Waals surface area contributed by atoms with Crippen LogP contribution in [0.25, 0.3) is 0 Å². The van der Waals surface area contributed by atoms with Crippen LogP contribution in [0.3, 0.4) is 0 Å². The Hall–Kier alpha value is -1.77. The Labute approximate surface area is 121 Å². The standard InChI is InChI=1S/C14H25N3O3/c1-11(2)16(9-5-7-13(18)19)14(20)17(12(3)4)10-6-8-15/h11-12H,5-7,9-10H2,1-4H3,(H,18,19). The van der Waals surface area contributed by atoms with E-state index < -0.39 is 5.97 Å². The van der Waals surface area contributed by atoms with E-state index in [9.17, 15) is 9.59 Å². The Bertz CT molecular complexity index is 361. The molecule has 0 radical (unpaired) electrons. The van der Waals surface area contributed by atoms with E-state index in [2.05, 4.69) is 0 Å². The minimum Gasteiger partial charge on any atom is -0.481 e. The van der Waals surface area contributed by atoms with Gasteiger partial charge in [-0.15, -0.1) is 0 Å². The molecule has 0 aromatic heterocycles. The first-order chi connectivity index (χ1) is 9.31. The van der Waals surface area contributed by atoms with Crippen LogP contribution in [0.4, 0.5) is 4.79 Å². The fourth-order valence-electron chi connectivity index (χ4n) is 1.89. The van der Waals surface area contributed by atoms with E-state index in [-0.39, 0.29) is 24.5 Å². The Morgan fingerprint density at radius 1 is 1.10 bits per heavy atom. The second kappa shape index (κ2) is 9.18. The van der Waals surface area contributed by atoms with Gasteiger partial charge in [0.05, 0.1) is 12.5 Å². The predicted molar refractivity (Wildman–Crippen MR) is 76.2 cm³/mol. The zero-order valence-corrected chi connectivity index (χ0v) is 12.8. The van der Waals surface area contributed by atoms with Crippen LogP contribution in [0.2, 0.25) is 0 Å². The molecule has 6 nitrogen and oxygen atoms in total. The van der Waals surface area contributed by atoms with Crippen molar-refractivity contribution in [2.75, 3.05) is 13.1 Å². The molecule has 0 unspecified atom stereocenters. The van der Waals surface area contributed by atoms with E-state index in [1.165, 1.54) is 0 Å². The Kier molecular flexibility index (Phi) is 8.37. The third kappa shape index (κ3) is 6.41. The lowest BCUT2D eigenvalue weighted by Gasteiger charge is -2.35. The molecule has 0 fully saturated rings. The van der Waals surface area contributed by atoms with Crippen LogP contribution < -0.4 is 0 Å². The van der Waals surface area contributed by atoms with Gasteiger partial charge in [0, 0.05) is 31.6 Å². The van der Waals surface area contributed by atoms with Gasteiger partial charge in [0.2, 0.25) is 0 Å². The van der Waals surface area contributed by atoms with Crippen LogP contribution in [0.15, 0.2) is 0 Å². The third-order valence-electron chi connectivity index (χ3n) is 2.99. The molecule has 0 aliphatic rings. The number of rotatable bonds is 8. The molecule has 0 saturated heterocycles. The summed E-state index contributed by atoms with van der Waals surface area (Å²) in [5.74, 6) is -0.855. The van der Waals surface area contributed by atoms with Crippen molar-refractivity contribution in [3.05, 3.63) is 0 Å². The molecule has 0 rings (SSSR count). The summed E-state index contributed by atoms with van der Waals surface area (Å²) in [6, 6.07) is 1.93. The van der Waals surface area contributed by atoms with E-state index in [1.54, 1.807) is 9.80 Å². The fraction of sp³-hybridized carbons (Fsp3) is 0.786. The number of nitriles is 1. The summed E-state index contributed by atoms with van der Waals surface area (Å²) in [5, 5.41) is 17.3. The van der Waals surface area contributed by atoms with Gasteiger partial charge in [-0.1, -0.05) is 0 Å². The topological polar surface area (TPSA) is 84.6 Å². The number of hydrogen-bond acceptors (Lipinski definition) is 3. The molecule has 0 aliphatic heterocycles. The number of aliphatic carboxylic acids is 1. The highest BCUT2D eigenvalue weighted by Gasteiger charge is 2.24. The minimum absolute atomic E-state index is 0.000342. The van der Waals surface area contributed by atoms with Crippen molar-refractivity contribution < 1.29 is 14.7 Å². The molecule has 0 bridgehead atoms. The Morgan fingerprint density at radius 3 is 2.00 bits per heavy atom. The van der Waals surface area contributed by atoms with E-state index in [0.717, 1.165) is 0 Å². The lowest BCUT2D eigenvalue weighted by Crippen LogP contribution is -2.49. The van der Waals surface area contributed by atoms with E-state index in [1.807, 2.05) is 33.8 Å². The summed E-state index contributed by atoms with van der Waals surface area (Å²) >= 11 is 0. The van der Waals surface area contributed by atoms with Gasteiger partial charge in [-0.2, -0.15) is 5.26 Å². The van der Waals surface area contributed by atoms with Crippen molar-refractivity contribution in [2.45, 2.75) is 59.0 Å². The Morgan fingerprint density at radius 2 is 1.60 bits per heavy atom. The molecule has 0 saturated carbocycles. The van der Waals surface area contributed by atoms with E-state index in [4.69, 9.17) is 10.4 Å². The van der Waals surface area contributed by atoms with Gasteiger partial charge in [-0.25, -0.2) is 4.79 Å². The van der Waals surface area contributed by atoms with Crippen molar-refractivity contribution in [1.29, 1.82) is 5.26 Å². The summed E-state index contributed by atoms with van der Waals surface area (Å²) < 4.78 is 0. The first-order valence-electron chi connectivity index (χ1n) is 6.97. The second-order valence-corrected chi connectivity index (χ2v) is 5.26. The number of carboxylic acid groups (broad SMARTS) is 1. The Balaban J connectivity index is 4.74. The molecule has 6 heteroatoms. The van der Waals surface area contributed by atoms with Gasteiger partial charge in [0.25, 0.3) is 0 Å². The highest BCUT2D eigenvalue weighted by molar-refractivity contribution is 5.75. The quantitative estimate of drug-likeness (QED) is 0.740. The molecule has 0 aliphatic carbocycles. The predicted octanol–water partition coefficient (Wildman–Crippen LogP) is 2.31. The van der Waals surface area contributed by atoms with Crippen LogP contribution in [0.1, 0.15) is 47.0 Å². The average molecular weight is 283 g/mol. The van der Waals surface area contributed by atoms with Crippen LogP contribution in [0.5, 0.6) is 0 Å². The smallest absolute Gasteiger partial charge is 0.320 e. The summed E-state index contributed by atoms with van der Waals surface area (Å²) in [7, 11) is 0. The maximum Gasteiger partial charge on any atom is 0.320 e. The van der Waals surface area contributed by atoms with E-state index >= 15 is 0 Å². The molecular formula is C14H25N3O3. The average Bonchev–Trinajstić information content (AvgIpc) is 2.33. The number of carbonyl (C=O) groups excluding carboxylic acids is 1. The fourth-order valence-corrected chi connectivity index (χ4v) is 1.89. The summed E-state index contributed by atoms with van der Waals surface area (Å²) in [6.45, 7) is 8.44. The maximum absolute atomic E-state index is 12.5. The largest absolute Gasteiger partial charge is 0.481 e. The highest BCUT2D eigenvalue weighted by Crippen LogP contribution is 2.10. The molecule has 1 N–H and O–H groups in total. The van der Waals surface area contributed by atoms with Crippen molar-refractivity contribution in [2.24, 2.45) is 0 Å². The molecule has 0 spiro atoms. The molecule has 0 heterocycles. The maximum atomic E-state index is 12.5. The normalized spacial score (nSPS) is 10.4. The summed E-state index contributed by atoms with van der Waals surface area (Å²) in [5.41, 5.74) is 0. The van der Waals surface area contributed by atoms with Gasteiger partial charge in [-0.05, 0) is 34.1 Å². The zero-order chi connectivity index (χ0) is 15.7. The monoisotopic (exact) mass is 283 g/mol. The van der Waals surface area contributed by atoms with Gasteiger partial charge in [0.15, 0.2) is 0 Å². The number of carbonyl (C=O) groups is 2. The second-order valence-electron chi connectivity index (χ2n) is 5.26. The molecule has 0 aromatic rings. The highest BCUT2D eigenvalue weighted by atomic mass is 16.4. The molecule has 114 valence electrons. The SMILES string of the molecule is CC(C)N(CCC#N)C(=O)N(CCCC(=O)O)C(C)C. The lowest BCUT2D eigenvalue weighted by molar-refractivity contribution is -0.137. The molecule has 2 amide bonds. The molecule has 0 atom stereocenters. The van der Waals surface area contributed by atoms with Crippen LogP contribution in [-0.4, -0.2) is 52.1 Å². The van der Waals surface area contributed by atoms with Crippen LogP contribution >= 0.6 is 0 Å².